The molecule has 0 bridgehead atoms. The fourth-order valence-electron chi connectivity index (χ4n) is 2.70. The first kappa shape index (κ1) is 10.3. The third-order valence-electron chi connectivity index (χ3n) is 3.85. The lowest BCUT2D eigenvalue weighted by atomic mass is 10.1. The molecule has 1 saturated carbocycles. The van der Waals surface area contributed by atoms with Gasteiger partial charge in [0.25, 0.3) is 0 Å². The molecule has 2 nitrogen and oxygen atoms in total. The first-order valence-electron chi connectivity index (χ1n) is 6.42. The summed E-state index contributed by atoms with van der Waals surface area (Å²) in [6.45, 7) is 3.61. The Bertz CT molecular complexity index is 330. The molecule has 2 heteroatoms. The minimum Gasteiger partial charge on any atom is -0.316 e. The molecule has 3 rings (SSSR count). The molecule has 1 aliphatic heterocycles. The maximum absolute atomic E-state index is 3.71. The van der Waals surface area contributed by atoms with Crippen molar-refractivity contribution in [3.05, 3.63) is 35.9 Å². The SMILES string of the molecule is c1ccc([C@H]2C[C@@H]2NC[C@H]2CCNC2)cc1. The smallest absolute Gasteiger partial charge is 0.0143 e. The molecule has 2 N–H and O–H groups in total. The van der Waals surface area contributed by atoms with Crippen molar-refractivity contribution >= 4 is 0 Å². The van der Waals surface area contributed by atoms with Gasteiger partial charge in [0.2, 0.25) is 0 Å². The normalized spacial score (nSPS) is 32.9. The van der Waals surface area contributed by atoms with Crippen LogP contribution in [0.4, 0.5) is 0 Å². The molecule has 86 valence electrons. The second kappa shape index (κ2) is 4.56. The summed E-state index contributed by atoms with van der Waals surface area (Å²) in [7, 11) is 0. The standard InChI is InChI=1S/C14H20N2/c1-2-4-12(5-3-1)13-8-14(13)16-10-11-6-7-15-9-11/h1-5,11,13-16H,6-10H2/t11-,13+,14-/m0/s1. The minimum absolute atomic E-state index is 0.739. The highest BCUT2D eigenvalue weighted by molar-refractivity contribution is 5.27. The van der Waals surface area contributed by atoms with Crippen LogP contribution < -0.4 is 10.6 Å². The molecule has 1 aliphatic carbocycles. The van der Waals surface area contributed by atoms with Crippen molar-refractivity contribution in [1.82, 2.24) is 10.6 Å². The summed E-state index contributed by atoms with van der Waals surface area (Å²) < 4.78 is 0. The summed E-state index contributed by atoms with van der Waals surface area (Å²) in [4.78, 5) is 0. The predicted molar refractivity (Wildman–Crippen MR) is 66.6 cm³/mol. The van der Waals surface area contributed by atoms with E-state index in [0.717, 1.165) is 17.9 Å². The highest BCUT2D eigenvalue weighted by Crippen LogP contribution is 2.40. The van der Waals surface area contributed by atoms with E-state index in [1.165, 1.54) is 38.0 Å². The molecule has 3 atom stereocenters. The molecular weight excluding hydrogens is 196 g/mol. The van der Waals surface area contributed by atoms with Gasteiger partial charge in [-0.15, -0.1) is 0 Å². The number of benzene rings is 1. The van der Waals surface area contributed by atoms with E-state index in [1.807, 2.05) is 0 Å². The van der Waals surface area contributed by atoms with Crippen molar-refractivity contribution in [2.24, 2.45) is 5.92 Å². The first-order chi connectivity index (χ1) is 7.93. The lowest BCUT2D eigenvalue weighted by molar-refractivity contribution is 0.507. The molecule has 0 unspecified atom stereocenters. The van der Waals surface area contributed by atoms with Crippen LogP contribution in [-0.2, 0) is 0 Å². The van der Waals surface area contributed by atoms with Crippen molar-refractivity contribution in [1.29, 1.82) is 0 Å². The highest BCUT2D eigenvalue weighted by atomic mass is 15.0. The van der Waals surface area contributed by atoms with E-state index < -0.39 is 0 Å². The highest BCUT2D eigenvalue weighted by Gasteiger charge is 2.37. The van der Waals surface area contributed by atoms with Gasteiger partial charge in [0.05, 0.1) is 0 Å². The maximum atomic E-state index is 3.71. The Morgan fingerprint density at radius 3 is 2.88 bits per heavy atom. The Labute approximate surface area is 97.4 Å². The third-order valence-corrected chi connectivity index (χ3v) is 3.85. The van der Waals surface area contributed by atoms with Crippen molar-refractivity contribution in [2.75, 3.05) is 19.6 Å². The number of hydrogen-bond acceptors (Lipinski definition) is 2. The van der Waals surface area contributed by atoms with Crippen LogP contribution in [0, 0.1) is 5.92 Å². The molecule has 0 amide bonds. The van der Waals surface area contributed by atoms with E-state index in [1.54, 1.807) is 0 Å². The Balaban J connectivity index is 1.46. The second-order valence-electron chi connectivity index (χ2n) is 5.13. The number of nitrogens with one attached hydrogen (secondary N) is 2. The van der Waals surface area contributed by atoms with Gasteiger partial charge in [-0.1, -0.05) is 30.3 Å². The van der Waals surface area contributed by atoms with Crippen molar-refractivity contribution in [3.63, 3.8) is 0 Å². The lowest BCUT2D eigenvalue weighted by Crippen LogP contribution is -2.26. The van der Waals surface area contributed by atoms with Crippen molar-refractivity contribution in [3.8, 4) is 0 Å². The summed E-state index contributed by atoms with van der Waals surface area (Å²) in [5.41, 5.74) is 1.50. The van der Waals surface area contributed by atoms with E-state index >= 15 is 0 Å². The molecule has 0 radical (unpaired) electrons. The average Bonchev–Trinajstić information content (AvgIpc) is 2.93. The molecular formula is C14H20N2. The van der Waals surface area contributed by atoms with Gasteiger partial charge in [-0.25, -0.2) is 0 Å². The van der Waals surface area contributed by atoms with Crippen LogP contribution in [0.3, 0.4) is 0 Å². The molecule has 2 aliphatic rings. The fraction of sp³-hybridized carbons (Fsp3) is 0.571. The summed E-state index contributed by atoms with van der Waals surface area (Å²) >= 11 is 0. The van der Waals surface area contributed by atoms with Gasteiger partial charge >= 0.3 is 0 Å². The Morgan fingerprint density at radius 1 is 1.25 bits per heavy atom. The topological polar surface area (TPSA) is 24.1 Å². The first-order valence-corrected chi connectivity index (χ1v) is 6.42. The monoisotopic (exact) mass is 216 g/mol. The van der Waals surface area contributed by atoms with Gasteiger partial charge in [0.15, 0.2) is 0 Å². The third kappa shape index (κ3) is 2.28. The average molecular weight is 216 g/mol. The van der Waals surface area contributed by atoms with Crippen LogP contribution in [-0.4, -0.2) is 25.7 Å². The van der Waals surface area contributed by atoms with Crippen molar-refractivity contribution in [2.45, 2.75) is 24.8 Å². The molecule has 2 fully saturated rings. The van der Waals surface area contributed by atoms with Crippen LogP contribution in [0.5, 0.6) is 0 Å². The van der Waals surface area contributed by atoms with Gasteiger partial charge in [-0.2, -0.15) is 0 Å². The van der Waals surface area contributed by atoms with Gasteiger partial charge in [0, 0.05) is 12.0 Å². The second-order valence-corrected chi connectivity index (χ2v) is 5.13. The Kier molecular flexibility index (Phi) is 2.94. The molecule has 1 aromatic rings. The number of hydrogen-bond donors (Lipinski definition) is 2. The van der Waals surface area contributed by atoms with Gasteiger partial charge in [0.1, 0.15) is 0 Å². The number of rotatable bonds is 4. The Hall–Kier alpha value is -0.860. The molecule has 0 aromatic heterocycles. The lowest BCUT2D eigenvalue weighted by Gasteiger charge is -2.09. The van der Waals surface area contributed by atoms with E-state index in [2.05, 4.69) is 41.0 Å². The van der Waals surface area contributed by atoms with E-state index in [0.29, 0.717) is 0 Å². The molecule has 1 heterocycles. The van der Waals surface area contributed by atoms with Gasteiger partial charge in [-0.05, 0) is 44.0 Å². The van der Waals surface area contributed by atoms with Crippen LogP contribution >= 0.6 is 0 Å². The van der Waals surface area contributed by atoms with Gasteiger partial charge < -0.3 is 10.6 Å². The fourth-order valence-corrected chi connectivity index (χ4v) is 2.70. The van der Waals surface area contributed by atoms with Crippen molar-refractivity contribution < 1.29 is 0 Å². The van der Waals surface area contributed by atoms with Gasteiger partial charge in [-0.3, -0.25) is 0 Å². The van der Waals surface area contributed by atoms with E-state index in [9.17, 15) is 0 Å². The molecule has 0 spiro atoms. The summed E-state index contributed by atoms with van der Waals surface area (Å²) in [6, 6.07) is 11.6. The zero-order valence-corrected chi connectivity index (χ0v) is 9.65. The molecule has 1 aromatic carbocycles. The van der Waals surface area contributed by atoms with Crippen LogP contribution in [0.25, 0.3) is 0 Å². The maximum Gasteiger partial charge on any atom is 0.0143 e. The Morgan fingerprint density at radius 2 is 2.12 bits per heavy atom. The zero-order chi connectivity index (χ0) is 10.8. The largest absolute Gasteiger partial charge is 0.316 e. The quantitative estimate of drug-likeness (QED) is 0.801. The molecule has 16 heavy (non-hydrogen) atoms. The van der Waals surface area contributed by atoms with Crippen LogP contribution in [0.2, 0.25) is 0 Å². The minimum atomic E-state index is 0.739. The van der Waals surface area contributed by atoms with Crippen LogP contribution in [0.15, 0.2) is 30.3 Å². The summed E-state index contributed by atoms with van der Waals surface area (Å²) in [6.07, 6.45) is 2.67. The van der Waals surface area contributed by atoms with E-state index in [-0.39, 0.29) is 0 Å². The predicted octanol–water partition coefficient (Wildman–Crippen LogP) is 1.74. The molecule has 1 saturated heterocycles. The summed E-state index contributed by atoms with van der Waals surface area (Å²) in [5.74, 6) is 1.63. The zero-order valence-electron chi connectivity index (χ0n) is 9.65. The van der Waals surface area contributed by atoms with E-state index in [4.69, 9.17) is 0 Å². The summed E-state index contributed by atoms with van der Waals surface area (Å²) in [5, 5.41) is 7.13. The van der Waals surface area contributed by atoms with Crippen LogP contribution in [0.1, 0.15) is 24.3 Å².